The van der Waals surface area contributed by atoms with Gasteiger partial charge in [0.15, 0.2) is 0 Å². The lowest BCUT2D eigenvalue weighted by Crippen LogP contribution is -2.01. The minimum Gasteiger partial charge on any atom is -0.456 e. The van der Waals surface area contributed by atoms with Crippen molar-refractivity contribution in [3.8, 4) is 11.5 Å². The summed E-state index contributed by atoms with van der Waals surface area (Å²) in [5, 5.41) is 0. The highest BCUT2D eigenvalue weighted by molar-refractivity contribution is 9.11. The van der Waals surface area contributed by atoms with Crippen molar-refractivity contribution in [2.75, 3.05) is 0 Å². The van der Waals surface area contributed by atoms with Crippen LogP contribution in [0.15, 0.2) is 39.4 Å². The van der Waals surface area contributed by atoms with Gasteiger partial charge in [-0.3, -0.25) is 4.98 Å². The molecule has 0 aliphatic rings. The number of benzene rings is 1. The van der Waals surface area contributed by atoms with Gasteiger partial charge in [-0.15, -0.1) is 0 Å². The van der Waals surface area contributed by atoms with E-state index in [4.69, 9.17) is 10.5 Å². The van der Waals surface area contributed by atoms with E-state index in [0.29, 0.717) is 6.54 Å². The van der Waals surface area contributed by atoms with Gasteiger partial charge < -0.3 is 10.5 Å². The maximum Gasteiger partial charge on any atom is 0.141 e. The second kappa shape index (κ2) is 5.82. The quantitative estimate of drug-likeness (QED) is 0.880. The molecule has 0 fully saturated rings. The zero-order chi connectivity index (χ0) is 13.1. The van der Waals surface area contributed by atoms with Gasteiger partial charge in [0.25, 0.3) is 0 Å². The summed E-state index contributed by atoms with van der Waals surface area (Å²) in [5.74, 6) is 1.49. The summed E-state index contributed by atoms with van der Waals surface area (Å²) in [4.78, 5) is 4.21. The summed E-state index contributed by atoms with van der Waals surface area (Å²) in [6.07, 6.45) is 1.75. The Labute approximate surface area is 123 Å². The van der Waals surface area contributed by atoms with Crippen molar-refractivity contribution in [3.05, 3.63) is 50.7 Å². The van der Waals surface area contributed by atoms with Crippen LogP contribution in [0.2, 0.25) is 0 Å². The van der Waals surface area contributed by atoms with Crippen LogP contribution >= 0.6 is 31.9 Å². The molecule has 1 heterocycles. The van der Waals surface area contributed by atoms with Crippen LogP contribution in [-0.4, -0.2) is 4.98 Å². The van der Waals surface area contributed by atoms with Gasteiger partial charge in [-0.1, -0.05) is 15.9 Å². The second-order valence-corrected chi connectivity index (χ2v) is 5.58. The lowest BCUT2D eigenvalue weighted by atomic mass is 10.2. The fourth-order valence-corrected chi connectivity index (χ4v) is 2.62. The maximum atomic E-state index is 5.88. The summed E-state index contributed by atoms with van der Waals surface area (Å²) in [6, 6.07) is 7.64. The number of nitrogens with two attached hydrogens (primary N) is 1. The summed E-state index contributed by atoms with van der Waals surface area (Å²) >= 11 is 6.87. The van der Waals surface area contributed by atoms with Gasteiger partial charge in [0.1, 0.15) is 11.5 Å². The molecule has 2 aromatic rings. The molecule has 5 heteroatoms. The van der Waals surface area contributed by atoms with Crippen molar-refractivity contribution < 1.29 is 4.74 Å². The van der Waals surface area contributed by atoms with Gasteiger partial charge in [0.05, 0.1) is 4.47 Å². The Morgan fingerprint density at radius 2 is 2.00 bits per heavy atom. The molecule has 0 amide bonds. The maximum absolute atomic E-state index is 5.88. The monoisotopic (exact) mass is 370 g/mol. The van der Waals surface area contributed by atoms with E-state index in [0.717, 1.165) is 31.7 Å². The fraction of sp³-hybridized carbons (Fsp3) is 0.154. The number of aromatic nitrogens is 1. The average molecular weight is 372 g/mol. The standard InChI is InChI=1S/C13H12Br2N2O/c1-8-4-13(9(6-16)7-17-8)18-12-3-2-10(14)5-11(12)15/h2-5,7H,6,16H2,1H3. The molecule has 0 bridgehead atoms. The molecular weight excluding hydrogens is 360 g/mol. The molecule has 0 aliphatic heterocycles. The van der Waals surface area contributed by atoms with Crippen LogP contribution in [-0.2, 0) is 6.54 Å². The molecule has 0 spiro atoms. The molecule has 94 valence electrons. The molecule has 2 rings (SSSR count). The largest absolute Gasteiger partial charge is 0.456 e. The van der Waals surface area contributed by atoms with Crippen molar-refractivity contribution >= 4 is 31.9 Å². The smallest absolute Gasteiger partial charge is 0.141 e. The summed E-state index contributed by atoms with van der Waals surface area (Å²) in [7, 11) is 0. The highest BCUT2D eigenvalue weighted by Crippen LogP contribution is 2.33. The van der Waals surface area contributed by atoms with Gasteiger partial charge in [0.2, 0.25) is 0 Å². The predicted octanol–water partition coefficient (Wildman–Crippen LogP) is 4.17. The molecule has 3 nitrogen and oxygen atoms in total. The Hall–Kier alpha value is -0.910. The van der Waals surface area contributed by atoms with Gasteiger partial charge in [-0.05, 0) is 41.1 Å². The minimum absolute atomic E-state index is 0.400. The number of rotatable bonds is 3. The number of nitrogens with zero attached hydrogens (tertiary/aromatic N) is 1. The lowest BCUT2D eigenvalue weighted by Gasteiger charge is -2.12. The number of halogens is 2. The third kappa shape index (κ3) is 3.10. The minimum atomic E-state index is 0.400. The number of hydrogen-bond donors (Lipinski definition) is 1. The van der Waals surface area contributed by atoms with Crippen LogP contribution in [0.25, 0.3) is 0 Å². The molecule has 0 saturated carbocycles. The van der Waals surface area contributed by atoms with E-state index in [1.54, 1.807) is 6.20 Å². The van der Waals surface area contributed by atoms with E-state index in [9.17, 15) is 0 Å². The number of hydrogen-bond acceptors (Lipinski definition) is 3. The molecule has 0 unspecified atom stereocenters. The zero-order valence-corrected chi connectivity index (χ0v) is 13.0. The Morgan fingerprint density at radius 1 is 1.22 bits per heavy atom. The third-order valence-corrected chi connectivity index (χ3v) is 3.53. The Kier molecular flexibility index (Phi) is 4.37. The fourth-order valence-electron chi connectivity index (χ4n) is 1.49. The van der Waals surface area contributed by atoms with Crippen molar-refractivity contribution in [3.63, 3.8) is 0 Å². The average Bonchev–Trinajstić information content (AvgIpc) is 2.33. The first-order valence-corrected chi connectivity index (χ1v) is 6.97. The van der Waals surface area contributed by atoms with Gasteiger partial charge >= 0.3 is 0 Å². The van der Waals surface area contributed by atoms with Crippen LogP contribution in [0, 0.1) is 6.92 Å². The van der Waals surface area contributed by atoms with E-state index < -0.39 is 0 Å². The molecule has 1 aromatic heterocycles. The molecule has 0 saturated heterocycles. The first kappa shape index (κ1) is 13.5. The van der Waals surface area contributed by atoms with Gasteiger partial charge in [-0.2, -0.15) is 0 Å². The van der Waals surface area contributed by atoms with E-state index in [2.05, 4.69) is 36.8 Å². The second-order valence-electron chi connectivity index (χ2n) is 3.81. The lowest BCUT2D eigenvalue weighted by molar-refractivity contribution is 0.472. The first-order valence-electron chi connectivity index (χ1n) is 5.38. The van der Waals surface area contributed by atoms with Crippen molar-refractivity contribution in [1.82, 2.24) is 4.98 Å². The summed E-state index contributed by atoms with van der Waals surface area (Å²) < 4.78 is 7.76. The van der Waals surface area contributed by atoms with Gasteiger partial charge in [0, 0.05) is 34.5 Å². The number of pyridine rings is 1. The van der Waals surface area contributed by atoms with Crippen molar-refractivity contribution in [2.45, 2.75) is 13.5 Å². The molecule has 18 heavy (non-hydrogen) atoms. The first-order chi connectivity index (χ1) is 8.60. The number of ether oxygens (including phenoxy) is 1. The summed E-state index contributed by atoms with van der Waals surface area (Å²) in [6.45, 7) is 2.32. The van der Waals surface area contributed by atoms with E-state index in [-0.39, 0.29) is 0 Å². The van der Waals surface area contributed by atoms with E-state index in [1.807, 2.05) is 31.2 Å². The molecule has 0 atom stereocenters. The normalized spacial score (nSPS) is 10.4. The third-order valence-electron chi connectivity index (χ3n) is 2.41. The van der Waals surface area contributed by atoms with Crippen LogP contribution in [0.3, 0.4) is 0 Å². The SMILES string of the molecule is Cc1cc(Oc2ccc(Br)cc2Br)c(CN)cn1. The van der Waals surface area contributed by atoms with Crippen LogP contribution in [0.1, 0.15) is 11.3 Å². The Balaban J connectivity index is 2.36. The van der Waals surface area contributed by atoms with Crippen LogP contribution in [0.4, 0.5) is 0 Å². The Morgan fingerprint density at radius 3 is 2.67 bits per heavy atom. The predicted molar refractivity (Wildman–Crippen MR) is 78.8 cm³/mol. The van der Waals surface area contributed by atoms with Gasteiger partial charge in [-0.25, -0.2) is 0 Å². The van der Waals surface area contributed by atoms with Crippen molar-refractivity contribution in [2.24, 2.45) is 5.73 Å². The van der Waals surface area contributed by atoms with Crippen LogP contribution < -0.4 is 10.5 Å². The highest BCUT2D eigenvalue weighted by atomic mass is 79.9. The highest BCUT2D eigenvalue weighted by Gasteiger charge is 2.08. The molecule has 1 aromatic carbocycles. The topological polar surface area (TPSA) is 48.1 Å². The van der Waals surface area contributed by atoms with Crippen LogP contribution in [0.5, 0.6) is 11.5 Å². The van der Waals surface area contributed by atoms with E-state index >= 15 is 0 Å². The van der Waals surface area contributed by atoms with Crippen molar-refractivity contribution in [1.29, 1.82) is 0 Å². The molecule has 0 aliphatic carbocycles. The summed E-state index contributed by atoms with van der Waals surface area (Å²) in [5.41, 5.74) is 7.46. The zero-order valence-electron chi connectivity index (χ0n) is 9.78. The molecule has 2 N–H and O–H groups in total. The number of aryl methyl sites for hydroxylation is 1. The Bertz CT molecular complexity index is 573. The molecular formula is C13H12Br2N2O. The van der Waals surface area contributed by atoms with E-state index in [1.165, 1.54) is 0 Å². The molecule has 0 radical (unpaired) electrons.